The van der Waals surface area contributed by atoms with Crippen LogP contribution in [0.4, 0.5) is 0 Å². The van der Waals surface area contributed by atoms with Gasteiger partial charge in [-0.05, 0) is 22.7 Å². The summed E-state index contributed by atoms with van der Waals surface area (Å²) in [6.45, 7) is 0.445. The molecule has 0 N–H and O–H groups in total. The maximum atomic E-state index is 11.8. The number of fused-ring (bicyclic) bond motifs is 1. The Morgan fingerprint density at radius 2 is 2.25 bits per heavy atom. The van der Waals surface area contributed by atoms with E-state index in [-0.39, 0.29) is 0 Å². The van der Waals surface area contributed by atoms with Gasteiger partial charge in [-0.3, -0.25) is 0 Å². The van der Waals surface area contributed by atoms with Gasteiger partial charge in [-0.25, -0.2) is 0 Å². The molecule has 0 fully saturated rings. The number of nitrogens with zero attached hydrogens (tertiary/aromatic N) is 1. The molecular weight excluding hydrogens is 242 g/mol. The molecule has 1 unspecified atom stereocenters. The van der Waals surface area contributed by atoms with E-state index in [1.54, 1.807) is 11.3 Å². The van der Waals surface area contributed by atoms with E-state index in [4.69, 9.17) is 4.84 Å². The summed E-state index contributed by atoms with van der Waals surface area (Å²) >= 11 is 0.583. The smallest absolute Gasteiger partial charge is 0.295 e. The van der Waals surface area contributed by atoms with Crippen LogP contribution in [0.25, 0.3) is 10.1 Å². The summed E-state index contributed by atoms with van der Waals surface area (Å²) < 4.78 is 13.0. The van der Waals surface area contributed by atoms with Crippen LogP contribution in [0, 0.1) is 0 Å². The fraction of sp³-hybridized carbons (Fsp3) is 0.182. The second-order valence-corrected chi connectivity index (χ2v) is 6.00. The van der Waals surface area contributed by atoms with Crippen LogP contribution in [0.1, 0.15) is 4.88 Å². The molecule has 2 heterocycles. The third kappa shape index (κ3) is 1.71. The molecule has 0 radical (unpaired) electrons. The number of rotatable bonds is 1. The minimum absolute atomic E-state index is 0.445. The Balaban J connectivity index is 2.08. The summed E-state index contributed by atoms with van der Waals surface area (Å²) in [7, 11) is 0. The maximum absolute atomic E-state index is 11.8. The Hall–Kier alpha value is -1.04. The van der Waals surface area contributed by atoms with E-state index in [1.165, 1.54) is 4.70 Å². The molecular formula is C11H9NO2S2. The highest BCUT2D eigenvalue weighted by Gasteiger charge is 2.25. The van der Waals surface area contributed by atoms with Crippen LogP contribution in [-0.4, -0.2) is 22.0 Å². The zero-order valence-corrected chi connectivity index (χ0v) is 10.0. The molecule has 0 aliphatic carbocycles. The average molecular weight is 251 g/mol. The number of hydrogen-bond acceptors (Lipinski definition) is 4. The Bertz CT molecular complexity index is 517. The van der Waals surface area contributed by atoms with Crippen LogP contribution in [0.2, 0.25) is 0 Å². The normalized spacial score (nSPS) is 20.6. The lowest BCUT2D eigenvalue weighted by atomic mass is 10.2. The fourth-order valence-corrected chi connectivity index (χ4v) is 3.78. The minimum atomic E-state index is -1.02. The Kier molecular flexibility index (Phi) is 2.59. The summed E-state index contributed by atoms with van der Waals surface area (Å²) in [4.78, 5) is 5.95. The number of oxime groups is 1. The Morgan fingerprint density at radius 3 is 3.06 bits per heavy atom. The third-order valence-electron chi connectivity index (χ3n) is 2.36. The van der Waals surface area contributed by atoms with Crippen molar-refractivity contribution in [2.75, 3.05) is 12.4 Å². The Labute approximate surface area is 99.9 Å². The van der Waals surface area contributed by atoms with Crippen molar-refractivity contribution < 1.29 is 9.39 Å². The molecule has 0 amide bonds. The SMILES string of the molecule is [O-][S+]1CCON=C1c1cc2ccccc2s1. The van der Waals surface area contributed by atoms with Gasteiger partial charge in [-0.2, -0.15) is 0 Å². The van der Waals surface area contributed by atoms with Crippen LogP contribution in [0.3, 0.4) is 0 Å². The van der Waals surface area contributed by atoms with E-state index >= 15 is 0 Å². The highest BCUT2D eigenvalue weighted by molar-refractivity contribution is 8.07. The molecule has 82 valence electrons. The van der Waals surface area contributed by atoms with Gasteiger partial charge >= 0.3 is 0 Å². The van der Waals surface area contributed by atoms with Crippen molar-refractivity contribution in [3.8, 4) is 0 Å². The van der Waals surface area contributed by atoms with Gasteiger partial charge < -0.3 is 9.39 Å². The lowest BCUT2D eigenvalue weighted by molar-refractivity contribution is 0.158. The van der Waals surface area contributed by atoms with Gasteiger partial charge in [0.25, 0.3) is 5.04 Å². The fourth-order valence-electron chi connectivity index (χ4n) is 1.60. The van der Waals surface area contributed by atoms with E-state index < -0.39 is 11.2 Å². The second-order valence-electron chi connectivity index (χ2n) is 3.43. The van der Waals surface area contributed by atoms with Gasteiger partial charge in [0.2, 0.25) is 0 Å². The van der Waals surface area contributed by atoms with E-state index in [9.17, 15) is 4.55 Å². The quantitative estimate of drug-likeness (QED) is 0.730. The van der Waals surface area contributed by atoms with Gasteiger partial charge in [-0.1, -0.05) is 18.2 Å². The van der Waals surface area contributed by atoms with Gasteiger partial charge in [0.1, 0.15) is 10.6 Å². The highest BCUT2D eigenvalue weighted by atomic mass is 32.2. The predicted octanol–water partition coefficient (Wildman–Crippen LogP) is 2.34. The summed E-state index contributed by atoms with van der Waals surface area (Å²) in [5.74, 6) is 0.535. The molecule has 0 bridgehead atoms. The van der Waals surface area contributed by atoms with Crippen molar-refractivity contribution in [3.05, 3.63) is 35.2 Å². The van der Waals surface area contributed by atoms with E-state index in [1.807, 2.05) is 24.3 Å². The van der Waals surface area contributed by atoms with Crippen molar-refractivity contribution in [2.45, 2.75) is 0 Å². The van der Waals surface area contributed by atoms with E-state index in [0.717, 1.165) is 10.3 Å². The van der Waals surface area contributed by atoms with Gasteiger partial charge in [-0.15, -0.1) is 11.3 Å². The summed E-state index contributed by atoms with van der Waals surface area (Å²) in [6, 6.07) is 10.1. The third-order valence-corrected chi connectivity index (χ3v) is 4.87. The summed E-state index contributed by atoms with van der Waals surface area (Å²) in [6.07, 6.45) is 0. The standard InChI is InChI=1S/C11H9NO2S2/c13-16-6-5-14-12-11(16)10-7-8-3-1-2-4-9(8)15-10/h1-4,7H,5-6H2. The van der Waals surface area contributed by atoms with E-state index in [0.29, 0.717) is 17.4 Å². The molecule has 2 aromatic rings. The van der Waals surface area contributed by atoms with Crippen LogP contribution in [-0.2, 0) is 16.0 Å². The second kappa shape index (κ2) is 4.08. The first-order valence-electron chi connectivity index (χ1n) is 4.92. The van der Waals surface area contributed by atoms with Gasteiger partial charge in [0.05, 0.1) is 0 Å². The van der Waals surface area contributed by atoms with Crippen LogP contribution in [0.15, 0.2) is 35.5 Å². The first-order chi connectivity index (χ1) is 7.84. The van der Waals surface area contributed by atoms with Crippen molar-refractivity contribution in [1.29, 1.82) is 0 Å². The van der Waals surface area contributed by atoms with E-state index in [2.05, 4.69) is 11.2 Å². The molecule has 5 heteroatoms. The lowest BCUT2D eigenvalue weighted by Crippen LogP contribution is -2.25. The minimum Gasteiger partial charge on any atom is -0.610 e. The number of thiophene rings is 1. The van der Waals surface area contributed by atoms with Crippen molar-refractivity contribution in [3.63, 3.8) is 0 Å². The largest absolute Gasteiger partial charge is 0.610 e. The molecule has 1 aliphatic rings. The molecule has 3 nitrogen and oxygen atoms in total. The molecule has 16 heavy (non-hydrogen) atoms. The number of benzene rings is 1. The first-order valence-corrected chi connectivity index (χ1v) is 7.05. The van der Waals surface area contributed by atoms with Gasteiger partial charge in [0.15, 0.2) is 6.61 Å². The Morgan fingerprint density at radius 1 is 1.38 bits per heavy atom. The highest BCUT2D eigenvalue weighted by Crippen LogP contribution is 2.28. The zero-order chi connectivity index (χ0) is 11.0. The molecule has 1 aliphatic heterocycles. The summed E-state index contributed by atoms with van der Waals surface area (Å²) in [5.41, 5.74) is 0. The molecule has 0 spiro atoms. The predicted molar refractivity (Wildman–Crippen MR) is 67.3 cm³/mol. The zero-order valence-electron chi connectivity index (χ0n) is 8.38. The molecule has 1 atom stereocenters. The van der Waals surface area contributed by atoms with Crippen molar-refractivity contribution in [2.24, 2.45) is 5.16 Å². The van der Waals surface area contributed by atoms with Crippen molar-refractivity contribution >= 4 is 37.6 Å². The number of hydrogen-bond donors (Lipinski definition) is 0. The average Bonchev–Trinajstić information content (AvgIpc) is 2.73. The molecule has 3 rings (SSSR count). The van der Waals surface area contributed by atoms with Gasteiger partial charge in [0, 0.05) is 15.9 Å². The monoisotopic (exact) mass is 251 g/mol. The maximum Gasteiger partial charge on any atom is 0.295 e. The molecule has 0 saturated heterocycles. The molecule has 0 saturated carbocycles. The summed E-state index contributed by atoms with van der Waals surface area (Å²) in [5, 5.41) is 5.64. The molecule has 1 aromatic carbocycles. The first kappa shape index (κ1) is 10.1. The lowest BCUT2D eigenvalue weighted by Gasteiger charge is -2.14. The van der Waals surface area contributed by atoms with Crippen LogP contribution >= 0.6 is 11.3 Å². The molecule has 1 aromatic heterocycles. The topological polar surface area (TPSA) is 44.6 Å². The van der Waals surface area contributed by atoms with Crippen LogP contribution in [0.5, 0.6) is 0 Å². The van der Waals surface area contributed by atoms with Crippen LogP contribution < -0.4 is 0 Å². The van der Waals surface area contributed by atoms with Crippen molar-refractivity contribution in [1.82, 2.24) is 0 Å².